The van der Waals surface area contributed by atoms with Crippen molar-refractivity contribution in [3.8, 4) is 0 Å². The molecule has 0 heterocycles. The smallest absolute Gasteiger partial charge is 0.220 e. The van der Waals surface area contributed by atoms with Gasteiger partial charge in [0.15, 0.2) is 0 Å². The topological polar surface area (TPSA) is 103 Å². The summed E-state index contributed by atoms with van der Waals surface area (Å²) in [4.78, 5) is 11.2. The van der Waals surface area contributed by atoms with Gasteiger partial charge in [0.05, 0.1) is 0 Å². The summed E-state index contributed by atoms with van der Waals surface area (Å²) in [6, 6.07) is 0. The number of carbonyl (C=O) groups is 1. The van der Waals surface area contributed by atoms with Crippen LogP contribution in [0.2, 0.25) is 0 Å². The first-order chi connectivity index (χ1) is 10.3. The largest absolute Gasteiger partial charge is 0.355 e. The fraction of sp³-hybridized carbons (Fsp3) is 0.929. The van der Waals surface area contributed by atoms with Crippen molar-refractivity contribution < 1.29 is 4.79 Å². The lowest BCUT2D eigenvalue weighted by Crippen LogP contribution is -2.37. The molecular formula is C14H34N6O. The number of rotatable bonds is 16. The number of nitrogens with one attached hydrogen (secondary N) is 5. The molecule has 0 aliphatic rings. The van der Waals surface area contributed by atoms with Gasteiger partial charge in [0.1, 0.15) is 0 Å². The zero-order valence-corrected chi connectivity index (χ0v) is 13.5. The normalized spacial score (nSPS) is 10.8. The minimum Gasteiger partial charge on any atom is -0.355 e. The molecule has 0 spiro atoms. The second kappa shape index (κ2) is 17.3. The van der Waals surface area contributed by atoms with Crippen molar-refractivity contribution in [3.63, 3.8) is 0 Å². The van der Waals surface area contributed by atoms with E-state index in [1.54, 1.807) is 0 Å². The number of hydrogen-bond donors (Lipinski definition) is 6. The van der Waals surface area contributed by atoms with Crippen molar-refractivity contribution in [1.29, 1.82) is 0 Å². The average molecular weight is 302 g/mol. The molecule has 1 amide bonds. The molecule has 0 aliphatic carbocycles. The van der Waals surface area contributed by atoms with E-state index in [-0.39, 0.29) is 5.91 Å². The summed E-state index contributed by atoms with van der Waals surface area (Å²) >= 11 is 0. The molecular weight excluding hydrogens is 268 g/mol. The molecule has 7 N–H and O–H groups in total. The van der Waals surface area contributed by atoms with Gasteiger partial charge in [-0.3, -0.25) is 4.79 Å². The van der Waals surface area contributed by atoms with Gasteiger partial charge < -0.3 is 32.3 Å². The van der Waals surface area contributed by atoms with Crippen molar-refractivity contribution in [1.82, 2.24) is 26.6 Å². The van der Waals surface area contributed by atoms with Crippen LogP contribution in [0.1, 0.15) is 19.8 Å². The van der Waals surface area contributed by atoms with E-state index < -0.39 is 0 Å². The van der Waals surface area contributed by atoms with Crippen LogP contribution in [-0.4, -0.2) is 71.4 Å². The zero-order valence-electron chi connectivity index (χ0n) is 13.5. The highest BCUT2D eigenvalue weighted by Crippen LogP contribution is 1.83. The molecule has 0 saturated carbocycles. The van der Waals surface area contributed by atoms with Gasteiger partial charge in [-0.15, -0.1) is 0 Å². The van der Waals surface area contributed by atoms with Gasteiger partial charge in [-0.05, 0) is 6.42 Å². The maximum absolute atomic E-state index is 11.2. The Hall–Kier alpha value is -0.730. The number of hydrogen-bond acceptors (Lipinski definition) is 6. The Morgan fingerprint density at radius 3 is 1.62 bits per heavy atom. The van der Waals surface area contributed by atoms with E-state index in [0.29, 0.717) is 19.5 Å². The van der Waals surface area contributed by atoms with Crippen molar-refractivity contribution in [3.05, 3.63) is 0 Å². The maximum Gasteiger partial charge on any atom is 0.220 e. The first-order valence-corrected chi connectivity index (χ1v) is 8.11. The Morgan fingerprint density at radius 2 is 1.19 bits per heavy atom. The standard InChI is InChI=1S/C14H34N6O/c1-2-3-14(21)20-13-12-19-11-10-18-9-8-17-7-6-16-5-4-15/h16-19H,2-13,15H2,1H3,(H,20,21). The quantitative estimate of drug-likeness (QED) is 0.188. The SMILES string of the molecule is CCCC(=O)NCCNCCNCCNCCNCCN. The van der Waals surface area contributed by atoms with E-state index in [1.165, 1.54) is 0 Å². The number of amides is 1. The molecule has 21 heavy (non-hydrogen) atoms. The molecule has 7 nitrogen and oxygen atoms in total. The van der Waals surface area contributed by atoms with Crippen LogP contribution < -0.4 is 32.3 Å². The van der Waals surface area contributed by atoms with Crippen LogP contribution in [0, 0.1) is 0 Å². The minimum atomic E-state index is 0.143. The van der Waals surface area contributed by atoms with E-state index in [4.69, 9.17) is 5.73 Å². The predicted octanol–water partition coefficient (Wildman–Crippen LogP) is -1.78. The first kappa shape index (κ1) is 20.3. The van der Waals surface area contributed by atoms with E-state index in [0.717, 1.165) is 58.8 Å². The molecule has 0 fully saturated rings. The van der Waals surface area contributed by atoms with Gasteiger partial charge in [-0.1, -0.05) is 6.92 Å². The highest BCUT2D eigenvalue weighted by molar-refractivity contribution is 5.75. The molecule has 126 valence electrons. The lowest BCUT2D eigenvalue weighted by atomic mass is 10.3. The summed E-state index contributed by atoms with van der Waals surface area (Å²) in [7, 11) is 0. The Kier molecular flexibility index (Phi) is 16.7. The van der Waals surface area contributed by atoms with Crippen molar-refractivity contribution in [2.75, 3.05) is 65.4 Å². The summed E-state index contributed by atoms with van der Waals surface area (Å²) in [6.07, 6.45) is 1.52. The number of carbonyl (C=O) groups excluding carboxylic acids is 1. The Balaban J connectivity index is 3.01. The molecule has 0 aromatic rings. The lowest BCUT2D eigenvalue weighted by Gasteiger charge is -2.08. The van der Waals surface area contributed by atoms with Crippen LogP contribution in [0.5, 0.6) is 0 Å². The molecule has 0 saturated heterocycles. The third-order valence-electron chi connectivity index (χ3n) is 2.86. The third-order valence-corrected chi connectivity index (χ3v) is 2.86. The Morgan fingerprint density at radius 1 is 0.762 bits per heavy atom. The molecule has 7 heteroatoms. The van der Waals surface area contributed by atoms with Crippen LogP contribution in [-0.2, 0) is 4.79 Å². The van der Waals surface area contributed by atoms with Gasteiger partial charge in [-0.25, -0.2) is 0 Å². The van der Waals surface area contributed by atoms with Gasteiger partial charge in [-0.2, -0.15) is 0 Å². The maximum atomic E-state index is 11.2. The second-order valence-corrected chi connectivity index (χ2v) is 4.89. The van der Waals surface area contributed by atoms with Crippen molar-refractivity contribution >= 4 is 5.91 Å². The van der Waals surface area contributed by atoms with Crippen LogP contribution >= 0.6 is 0 Å². The molecule has 0 aliphatic heterocycles. The van der Waals surface area contributed by atoms with Gasteiger partial charge in [0, 0.05) is 71.9 Å². The average Bonchev–Trinajstić information content (AvgIpc) is 2.48. The van der Waals surface area contributed by atoms with E-state index >= 15 is 0 Å². The second-order valence-electron chi connectivity index (χ2n) is 4.89. The summed E-state index contributed by atoms with van der Waals surface area (Å²) < 4.78 is 0. The van der Waals surface area contributed by atoms with Crippen LogP contribution in [0.25, 0.3) is 0 Å². The van der Waals surface area contributed by atoms with Crippen LogP contribution in [0.4, 0.5) is 0 Å². The monoisotopic (exact) mass is 302 g/mol. The summed E-state index contributed by atoms with van der Waals surface area (Å²) in [5.74, 6) is 0.143. The molecule has 0 unspecified atom stereocenters. The van der Waals surface area contributed by atoms with E-state index in [1.807, 2.05) is 6.92 Å². The molecule has 0 aromatic heterocycles. The Bertz CT molecular complexity index is 228. The van der Waals surface area contributed by atoms with Crippen molar-refractivity contribution in [2.24, 2.45) is 5.73 Å². The minimum absolute atomic E-state index is 0.143. The first-order valence-electron chi connectivity index (χ1n) is 8.11. The summed E-state index contributed by atoms with van der Waals surface area (Å²) in [6.45, 7) is 10.8. The molecule has 0 bridgehead atoms. The van der Waals surface area contributed by atoms with Crippen LogP contribution in [0.3, 0.4) is 0 Å². The summed E-state index contributed by atoms with van der Waals surface area (Å²) in [5, 5.41) is 16.1. The van der Waals surface area contributed by atoms with E-state index in [2.05, 4.69) is 26.6 Å². The molecule has 0 radical (unpaired) electrons. The fourth-order valence-electron chi connectivity index (χ4n) is 1.74. The van der Waals surface area contributed by atoms with Gasteiger partial charge in [0.25, 0.3) is 0 Å². The molecule has 0 rings (SSSR count). The molecule has 0 atom stereocenters. The zero-order chi connectivity index (χ0) is 15.6. The van der Waals surface area contributed by atoms with E-state index in [9.17, 15) is 4.79 Å². The van der Waals surface area contributed by atoms with Gasteiger partial charge >= 0.3 is 0 Å². The van der Waals surface area contributed by atoms with Crippen LogP contribution in [0.15, 0.2) is 0 Å². The van der Waals surface area contributed by atoms with Gasteiger partial charge in [0.2, 0.25) is 5.91 Å². The summed E-state index contributed by atoms with van der Waals surface area (Å²) in [5.41, 5.74) is 5.38. The number of nitrogens with two attached hydrogens (primary N) is 1. The molecule has 0 aromatic carbocycles. The lowest BCUT2D eigenvalue weighted by molar-refractivity contribution is -0.121. The van der Waals surface area contributed by atoms with Crippen molar-refractivity contribution in [2.45, 2.75) is 19.8 Å². The highest BCUT2D eigenvalue weighted by Gasteiger charge is 1.96. The fourth-order valence-corrected chi connectivity index (χ4v) is 1.74. The Labute approximate surface area is 129 Å². The third kappa shape index (κ3) is 17.2. The highest BCUT2D eigenvalue weighted by atomic mass is 16.1. The predicted molar refractivity (Wildman–Crippen MR) is 88.5 cm³/mol.